The molecule has 9 heteroatoms. The number of carbonyl (C=O) groups excluding carboxylic acids is 1. The fraction of sp³-hybridized carbons (Fsp3) is 0.517. The lowest BCUT2D eigenvalue weighted by molar-refractivity contribution is -0.141. The lowest BCUT2D eigenvalue weighted by Gasteiger charge is -2.44. The number of hydrogen-bond donors (Lipinski definition) is 4. The van der Waals surface area contributed by atoms with E-state index >= 15 is 4.39 Å². The van der Waals surface area contributed by atoms with Gasteiger partial charge in [-0.1, -0.05) is 24.3 Å². The van der Waals surface area contributed by atoms with Crippen LogP contribution in [-0.2, 0) is 10.4 Å². The van der Waals surface area contributed by atoms with Gasteiger partial charge in [0.1, 0.15) is 5.75 Å². The van der Waals surface area contributed by atoms with Crippen molar-refractivity contribution in [3.63, 3.8) is 0 Å². The molecule has 8 nitrogen and oxygen atoms in total. The average Bonchev–Trinajstić information content (AvgIpc) is 3.33. The summed E-state index contributed by atoms with van der Waals surface area (Å²) >= 11 is 0. The van der Waals surface area contributed by atoms with E-state index < -0.39 is 17.5 Å². The highest BCUT2D eigenvalue weighted by molar-refractivity contribution is 5.79. The van der Waals surface area contributed by atoms with Crippen molar-refractivity contribution < 1.29 is 28.9 Å². The molecule has 1 aliphatic heterocycles. The zero-order valence-electron chi connectivity index (χ0n) is 21.9. The Bertz CT molecular complexity index is 1140. The van der Waals surface area contributed by atoms with E-state index in [0.29, 0.717) is 50.1 Å². The van der Waals surface area contributed by atoms with Crippen LogP contribution >= 0.6 is 0 Å². The van der Waals surface area contributed by atoms with Crippen molar-refractivity contribution in [3.8, 4) is 11.5 Å². The van der Waals surface area contributed by atoms with E-state index in [1.807, 2.05) is 24.0 Å². The minimum absolute atomic E-state index is 0.0387. The van der Waals surface area contributed by atoms with Crippen molar-refractivity contribution in [1.29, 1.82) is 0 Å². The van der Waals surface area contributed by atoms with Gasteiger partial charge in [-0.3, -0.25) is 4.79 Å². The van der Waals surface area contributed by atoms with Crippen molar-refractivity contribution in [3.05, 3.63) is 59.4 Å². The standard InChI is InChI=1S/C29H38FN3O5/c1-19-6-2-8-23(16-19)38-26-24(9-3-10-25(26)30)29(37,13-5-14-32-28(35)36)21-7-4-15-33(18-21)27(34)20-11-12-22(31)17-20/h2-3,6,8-10,16,20-22,32,37H,4-5,7,11-15,17-18,31H2,1H3,(H,35,36). The lowest BCUT2D eigenvalue weighted by atomic mass is 9.73. The van der Waals surface area contributed by atoms with Crippen LogP contribution in [0.25, 0.3) is 0 Å². The highest BCUT2D eigenvalue weighted by atomic mass is 19.1. The molecule has 2 aromatic carbocycles. The molecule has 0 spiro atoms. The van der Waals surface area contributed by atoms with E-state index in [-0.39, 0.29) is 42.5 Å². The van der Waals surface area contributed by atoms with Crippen molar-refractivity contribution in [2.75, 3.05) is 19.6 Å². The van der Waals surface area contributed by atoms with Crippen LogP contribution in [-0.4, -0.2) is 52.8 Å². The highest BCUT2D eigenvalue weighted by Gasteiger charge is 2.44. The zero-order valence-corrected chi connectivity index (χ0v) is 21.9. The van der Waals surface area contributed by atoms with Gasteiger partial charge in [-0.15, -0.1) is 0 Å². The van der Waals surface area contributed by atoms with Crippen LogP contribution in [0.2, 0.25) is 0 Å². The topological polar surface area (TPSA) is 125 Å². The molecule has 2 aliphatic rings. The number of aryl methyl sites for hydroxylation is 1. The molecule has 1 heterocycles. The number of nitrogens with one attached hydrogen (secondary N) is 1. The van der Waals surface area contributed by atoms with Crippen LogP contribution in [0.5, 0.6) is 11.5 Å². The number of aliphatic hydroxyl groups is 1. The molecule has 1 saturated heterocycles. The molecule has 4 atom stereocenters. The maximum absolute atomic E-state index is 15.3. The number of ether oxygens (including phenoxy) is 1. The normalized spacial score (nSPS) is 23.1. The van der Waals surface area contributed by atoms with Crippen molar-refractivity contribution >= 4 is 12.0 Å². The summed E-state index contributed by atoms with van der Waals surface area (Å²) in [6, 6.07) is 11.8. The molecule has 38 heavy (non-hydrogen) atoms. The number of para-hydroxylation sites is 1. The molecule has 2 amide bonds. The van der Waals surface area contributed by atoms with E-state index in [1.165, 1.54) is 6.07 Å². The third-order valence-electron chi connectivity index (χ3n) is 7.88. The van der Waals surface area contributed by atoms with Crippen LogP contribution in [0, 0.1) is 24.6 Å². The summed E-state index contributed by atoms with van der Waals surface area (Å²) in [6.45, 7) is 2.98. The van der Waals surface area contributed by atoms with Crippen LogP contribution in [0.3, 0.4) is 0 Å². The van der Waals surface area contributed by atoms with Gasteiger partial charge in [-0.25, -0.2) is 9.18 Å². The Morgan fingerprint density at radius 3 is 2.71 bits per heavy atom. The molecule has 0 aromatic heterocycles. The van der Waals surface area contributed by atoms with Gasteiger partial charge in [0.15, 0.2) is 11.6 Å². The van der Waals surface area contributed by atoms with Gasteiger partial charge in [0.25, 0.3) is 0 Å². The Kier molecular flexibility index (Phi) is 8.89. The number of rotatable bonds is 9. The van der Waals surface area contributed by atoms with Gasteiger partial charge in [0.05, 0.1) is 5.60 Å². The van der Waals surface area contributed by atoms with Crippen LogP contribution < -0.4 is 15.8 Å². The molecular weight excluding hydrogens is 489 g/mol. The molecule has 4 rings (SSSR count). The fourth-order valence-electron chi connectivity index (χ4n) is 5.93. The van der Waals surface area contributed by atoms with Gasteiger partial charge in [-0.05, 0) is 75.6 Å². The number of piperidine rings is 1. The van der Waals surface area contributed by atoms with Gasteiger partial charge in [0, 0.05) is 43.1 Å². The summed E-state index contributed by atoms with van der Waals surface area (Å²) in [4.78, 5) is 26.1. The molecule has 1 saturated carbocycles. The molecule has 2 fully saturated rings. The number of hydrogen-bond acceptors (Lipinski definition) is 5. The number of nitrogens with two attached hydrogens (primary N) is 1. The minimum Gasteiger partial charge on any atom is -0.465 e. The quantitative estimate of drug-likeness (QED) is 0.355. The first-order chi connectivity index (χ1) is 18.2. The van der Waals surface area contributed by atoms with E-state index in [0.717, 1.165) is 18.4 Å². The molecule has 5 N–H and O–H groups in total. The SMILES string of the molecule is Cc1cccc(Oc2c(F)cccc2C(O)(CCCNC(=O)O)C2CCCN(C(=O)C3CCC(N)C3)C2)c1. The monoisotopic (exact) mass is 527 g/mol. The van der Waals surface area contributed by atoms with Gasteiger partial charge in [0.2, 0.25) is 5.91 Å². The second-order valence-corrected chi connectivity index (χ2v) is 10.7. The molecule has 4 unspecified atom stereocenters. The Labute approximate surface area is 223 Å². The van der Waals surface area contributed by atoms with Gasteiger partial charge in [-0.2, -0.15) is 0 Å². The lowest BCUT2D eigenvalue weighted by Crippen LogP contribution is -2.49. The number of amides is 2. The summed E-state index contributed by atoms with van der Waals surface area (Å²) in [6.07, 6.45) is 2.95. The first-order valence-corrected chi connectivity index (χ1v) is 13.4. The van der Waals surface area contributed by atoms with Gasteiger partial charge >= 0.3 is 6.09 Å². The maximum Gasteiger partial charge on any atom is 0.404 e. The molecule has 1 aliphatic carbocycles. The first-order valence-electron chi connectivity index (χ1n) is 13.4. The number of halogens is 1. The van der Waals surface area contributed by atoms with Crippen molar-refractivity contribution in [1.82, 2.24) is 10.2 Å². The van der Waals surface area contributed by atoms with E-state index in [1.54, 1.807) is 24.3 Å². The first kappa shape index (κ1) is 27.9. The van der Waals surface area contributed by atoms with Crippen LogP contribution in [0.15, 0.2) is 42.5 Å². The predicted octanol–water partition coefficient (Wildman–Crippen LogP) is 4.53. The largest absolute Gasteiger partial charge is 0.465 e. The number of carbonyl (C=O) groups is 2. The van der Waals surface area contributed by atoms with Crippen LogP contribution in [0.1, 0.15) is 56.1 Å². The molecule has 206 valence electrons. The van der Waals surface area contributed by atoms with Crippen molar-refractivity contribution in [2.24, 2.45) is 17.6 Å². The maximum atomic E-state index is 15.3. The smallest absolute Gasteiger partial charge is 0.404 e. The Hall–Kier alpha value is -3.17. The number of nitrogens with zero attached hydrogens (tertiary/aromatic N) is 1. The second kappa shape index (κ2) is 12.1. The third kappa shape index (κ3) is 6.45. The summed E-state index contributed by atoms with van der Waals surface area (Å²) in [5, 5.41) is 23.7. The second-order valence-electron chi connectivity index (χ2n) is 10.7. The Morgan fingerprint density at radius 1 is 1.21 bits per heavy atom. The van der Waals surface area contributed by atoms with Crippen LogP contribution in [0.4, 0.5) is 9.18 Å². The Morgan fingerprint density at radius 2 is 2.00 bits per heavy atom. The average molecular weight is 528 g/mol. The molecular formula is C29H38FN3O5. The van der Waals surface area contributed by atoms with Gasteiger partial charge < -0.3 is 30.9 Å². The summed E-state index contributed by atoms with van der Waals surface area (Å²) in [7, 11) is 0. The zero-order chi connectivity index (χ0) is 27.3. The molecule has 2 aromatic rings. The minimum atomic E-state index is -1.55. The summed E-state index contributed by atoms with van der Waals surface area (Å²) < 4.78 is 21.3. The number of carboxylic acid groups (broad SMARTS) is 1. The fourth-order valence-corrected chi connectivity index (χ4v) is 5.93. The molecule has 0 radical (unpaired) electrons. The van der Waals surface area contributed by atoms with Crippen molar-refractivity contribution in [2.45, 2.75) is 63.5 Å². The molecule has 0 bridgehead atoms. The highest BCUT2D eigenvalue weighted by Crippen LogP contribution is 2.45. The number of benzene rings is 2. The predicted molar refractivity (Wildman–Crippen MR) is 141 cm³/mol. The number of likely N-dealkylation sites (tertiary alicyclic amines) is 1. The van der Waals surface area contributed by atoms with E-state index in [4.69, 9.17) is 15.6 Å². The summed E-state index contributed by atoms with van der Waals surface area (Å²) in [5.74, 6) is -0.642. The third-order valence-corrected chi connectivity index (χ3v) is 7.88. The van der Waals surface area contributed by atoms with E-state index in [2.05, 4.69) is 5.32 Å². The van der Waals surface area contributed by atoms with E-state index in [9.17, 15) is 14.7 Å². The Balaban J connectivity index is 1.65. The summed E-state index contributed by atoms with van der Waals surface area (Å²) in [5.41, 5.74) is 5.75.